The molecule has 0 aliphatic heterocycles. The molecule has 0 aliphatic rings. The van der Waals surface area contributed by atoms with Crippen molar-refractivity contribution < 1.29 is 0 Å². The second-order valence-electron chi connectivity index (χ2n) is 7.43. The van der Waals surface area contributed by atoms with E-state index in [1.807, 2.05) is 32.9 Å². The van der Waals surface area contributed by atoms with Crippen molar-refractivity contribution in [1.82, 2.24) is 18.9 Å². The maximum Gasteiger partial charge on any atom is 0.263 e. The minimum atomic E-state index is -0.101. The Bertz CT molecular complexity index is 1370. The molecule has 0 saturated carbocycles. The van der Waals surface area contributed by atoms with Gasteiger partial charge in [-0.25, -0.2) is 9.97 Å². The van der Waals surface area contributed by atoms with Crippen LogP contribution in [0.1, 0.15) is 41.5 Å². The third-order valence-corrected chi connectivity index (χ3v) is 7.39. The number of hydrogen-bond donors (Lipinski definition) is 0. The molecule has 8 heteroatoms. The van der Waals surface area contributed by atoms with Crippen molar-refractivity contribution in [1.29, 1.82) is 0 Å². The standard InChI is InChI=1S/C22H24N4O2S2/c1-5-6-9-26-21(28)18-14(3)15(4)30-20(18)24-22(26)29-12-16-11-17(27)25-10-7-8-13(2)19(25)23-16/h7-8,10-11H,5-6,9,12H2,1-4H3. The molecule has 0 spiro atoms. The molecule has 0 atom stereocenters. The average molecular weight is 441 g/mol. The van der Waals surface area contributed by atoms with Crippen molar-refractivity contribution in [3.8, 4) is 0 Å². The smallest absolute Gasteiger partial charge is 0.263 e. The van der Waals surface area contributed by atoms with Gasteiger partial charge >= 0.3 is 0 Å². The minimum Gasteiger partial charge on any atom is -0.287 e. The molecule has 0 saturated heterocycles. The number of hydrogen-bond acceptors (Lipinski definition) is 6. The molecular weight excluding hydrogens is 416 g/mol. The molecule has 0 aliphatic carbocycles. The zero-order chi connectivity index (χ0) is 21.4. The molecule has 4 rings (SSSR count). The lowest BCUT2D eigenvalue weighted by Gasteiger charge is -2.12. The van der Waals surface area contributed by atoms with Crippen molar-refractivity contribution in [2.45, 2.75) is 58.0 Å². The van der Waals surface area contributed by atoms with Crippen LogP contribution in [0, 0.1) is 20.8 Å². The minimum absolute atomic E-state index is 0.0279. The third-order valence-electron chi connectivity index (χ3n) is 5.28. The van der Waals surface area contributed by atoms with Gasteiger partial charge in [0, 0.05) is 29.4 Å². The molecule has 0 amide bonds. The number of nitrogens with zero attached hydrogens (tertiary/aromatic N) is 4. The predicted octanol–water partition coefficient (Wildman–Crippen LogP) is 4.48. The second kappa shape index (κ2) is 8.35. The number of thiophene rings is 1. The van der Waals surface area contributed by atoms with Gasteiger partial charge in [0.2, 0.25) is 0 Å². The SMILES string of the molecule is CCCCn1c(SCc2cc(=O)n3cccc(C)c3n2)nc2sc(C)c(C)c2c1=O. The molecular formula is C22H24N4O2S2. The summed E-state index contributed by atoms with van der Waals surface area (Å²) in [5.41, 5.74) is 3.25. The van der Waals surface area contributed by atoms with E-state index >= 15 is 0 Å². The van der Waals surface area contributed by atoms with Gasteiger partial charge in [0.1, 0.15) is 10.5 Å². The molecule has 4 heterocycles. The maximum atomic E-state index is 13.2. The van der Waals surface area contributed by atoms with Gasteiger partial charge in [-0.05, 0) is 44.4 Å². The van der Waals surface area contributed by atoms with Gasteiger partial charge in [-0.2, -0.15) is 0 Å². The van der Waals surface area contributed by atoms with Crippen molar-refractivity contribution >= 4 is 39.0 Å². The van der Waals surface area contributed by atoms with E-state index in [9.17, 15) is 9.59 Å². The first-order valence-electron chi connectivity index (χ1n) is 10.0. The van der Waals surface area contributed by atoms with E-state index in [1.165, 1.54) is 11.8 Å². The molecule has 0 N–H and O–H groups in total. The number of fused-ring (bicyclic) bond motifs is 2. The highest BCUT2D eigenvalue weighted by molar-refractivity contribution is 7.98. The Hall–Kier alpha value is -2.45. The molecule has 0 aromatic carbocycles. The van der Waals surface area contributed by atoms with Gasteiger partial charge in [0.25, 0.3) is 11.1 Å². The summed E-state index contributed by atoms with van der Waals surface area (Å²) in [5.74, 6) is 0.480. The van der Waals surface area contributed by atoms with E-state index in [0.29, 0.717) is 28.8 Å². The van der Waals surface area contributed by atoms with Crippen molar-refractivity contribution in [3.63, 3.8) is 0 Å². The molecule has 30 heavy (non-hydrogen) atoms. The lowest BCUT2D eigenvalue weighted by Crippen LogP contribution is -2.23. The van der Waals surface area contributed by atoms with Crippen LogP contribution < -0.4 is 11.1 Å². The highest BCUT2D eigenvalue weighted by atomic mass is 32.2. The summed E-state index contributed by atoms with van der Waals surface area (Å²) < 4.78 is 3.34. The first-order chi connectivity index (χ1) is 14.4. The van der Waals surface area contributed by atoms with Crippen molar-refractivity contribution in [3.05, 3.63) is 66.8 Å². The summed E-state index contributed by atoms with van der Waals surface area (Å²) in [6, 6.07) is 5.35. The number of rotatable bonds is 6. The Morgan fingerprint density at radius 2 is 1.97 bits per heavy atom. The number of aromatic nitrogens is 4. The molecule has 4 aromatic rings. The monoisotopic (exact) mass is 440 g/mol. The largest absolute Gasteiger partial charge is 0.287 e. The fourth-order valence-corrected chi connectivity index (χ4v) is 5.44. The van der Waals surface area contributed by atoms with E-state index in [4.69, 9.17) is 4.98 Å². The molecule has 156 valence electrons. The third kappa shape index (κ3) is 3.70. The lowest BCUT2D eigenvalue weighted by molar-refractivity contribution is 0.558. The topological polar surface area (TPSA) is 69.3 Å². The van der Waals surface area contributed by atoms with Crippen LogP contribution >= 0.6 is 23.1 Å². The van der Waals surface area contributed by atoms with Crippen molar-refractivity contribution in [2.24, 2.45) is 0 Å². The second-order valence-corrected chi connectivity index (χ2v) is 9.57. The van der Waals surface area contributed by atoms with Gasteiger partial charge in [-0.3, -0.25) is 18.6 Å². The predicted molar refractivity (Wildman–Crippen MR) is 124 cm³/mol. The highest BCUT2D eigenvalue weighted by Gasteiger charge is 2.17. The summed E-state index contributed by atoms with van der Waals surface area (Å²) in [4.78, 5) is 37.1. The van der Waals surface area contributed by atoms with Crippen LogP contribution in [-0.4, -0.2) is 18.9 Å². The van der Waals surface area contributed by atoms with Gasteiger partial charge in [-0.15, -0.1) is 11.3 Å². The quantitative estimate of drug-likeness (QED) is 0.327. The molecule has 0 unspecified atom stereocenters. The summed E-state index contributed by atoms with van der Waals surface area (Å²) in [7, 11) is 0. The fraction of sp³-hybridized carbons (Fsp3) is 0.364. The Kier molecular flexibility index (Phi) is 5.79. The Morgan fingerprint density at radius 1 is 1.17 bits per heavy atom. The van der Waals surface area contributed by atoms with Gasteiger partial charge in [0.15, 0.2) is 5.16 Å². The number of pyridine rings is 1. The maximum absolute atomic E-state index is 13.2. The van der Waals surface area contributed by atoms with Crippen LogP contribution in [0.2, 0.25) is 0 Å². The molecule has 0 fully saturated rings. The van der Waals surface area contributed by atoms with Crippen LogP contribution in [0.25, 0.3) is 15.9 Å². The van der Waals surface area contributed by atoms with E-state index in [1.54, 1.807) is 32.6 Å². The Balaban J connectivity index is 1.75. The summed E-state index contributed by atoms with van der Waals surface area (Å²) in [6.07, 6.45) is 3.64. The summed E-state index contributed by atoms with van der Waals surface area (Å²) in [5, 5.41) is 1.42. The Labute approximate surface area is 182 Å². The van der Waals surface area contributed by atoms with E-state index in [-0.39, 0.29) is 11.1 Å². The van der Waals surface area contributed by atoms with Crippen LogP contribution in [0.3, 0.4) is 0 Å². The first kappa shape index (κ1) is 20.8. The molecule has 0 radical (unpaired) electrons. The normalized spacial score (nSPS) is 11.6. The number of unbranched alkanes of at least 4 members (excludes halogenated alkanes) is 1. The lowest BCUT2D eigenvalue weighted by atomic mass is 10.2. The summed E-state index contributed by atoms with van der Waals surface area (Å²) >= 11 is 3.03. The van der Waals surface area contributed by atoms with Gasteiger partial charge < -0.3 is 0 Å². The van der Waals surface area contributed by atoms with Crippen molar-refractivity contribution in [2.75, 3.05) is 0 Å². The Morgan fingerprint density at radius 3 is 2.73 bits per heavy atom. The summed E-state index contributed by atoms with van der Waals surface area (Å²) in [6.45, 7) is 8.71. The number of thioether (sulfide) groups is 1. The van der Waals surface area contributed by atoms with E-state index < -0.39 is 0 Å². The number of aryl methyl sites for hydroxylation is 3. The van der Waals surface area contributed by atoms with Crippen LogP contribution in [0.5, 0.6) is 0 Å². The van der Waals surface area contributed by atoms with Crippen LogP contribution in [0.4, 0.5) is 0 Å². The molecule has 6 nitrogen and oxygen atoms in total. The van der Waals surface area contributed by atoms with E-state index in [0.717, 1.165) is 39.1 Å². The average Bonchev–Trinajstić information content (AvgIpc) is 3.00. The van der Waals surface area contributed by atoms with Crippen LogP contribution in [0.15, 0.2) is 39.1 Å². The first-order valence-corrected chi connectivity index (χ1v) is 11.8. The zero-order valence-electron chi connectivity index (χ0n) is 17.6. The van der Waals surface area contributed by atoms with Gasteiger partial charge in [0.05, 0.1) is 11.1 Å². The van der Waals surface area contributed by atoms with E-state index in [2.05, 4.69) is 11.9 Å². The van der Waals surface area contributed by atoms with Crippen LogP contribution in [-0.2, 0) is 12.3 Å². The fourth-order valence-electron chi connectivity index (χ4n) is 3.45. The van der Waals surface area contributed by atoms with Gasteiger partial charge in [-0.1, -0.05) is 31.2 Å². The molecule has 4 aromatic heterocycles. The highest BCUT2D eigenvalue weighted by Crippen LogP contribution is 2.29. The zero-order valence-corrected chi connectivity index (χ0v) is 19.2. The molecule has 0 bridgehead atoms.